The van der Waals surface area contributed by atoms with Crippen LogP contribution in [0.4, 0.5) is 0 Å². The maximum Gasteiger partial charge on any atom is -0.0417 e. The van der Waals surface area contributed by atoms with Crippen molar-refractivity contribution in [2.24, 2.45) is 5.92 Å². The van der Waals surface area contributed by atoms with E-state index in [1.807, 2.05) is 27.7 Å². The van der Waals surface area contributed by atoms with E-state index >= 15 is 0 Å². The van der Waals surface area contributed by atoms with Gasteiger partial charge in [-0.15, -0.1) is 0 Å². The molecule has 0 heterocycles. The van der Waals surface area contributed by atoms with Gasteiger partial charge in [0.15, 0.2) is 0 Å². The zero-order chi connectivity index (χ0) is 8.41. The van der Waals surface area contributed by atoms with Crippen LogP contribution in [-0.4, -0.2) is 0 Å². The van der Waals surface area contributed by atoms with Gasteiger partial charge in [0.2, 0.25) is 0 Å². The van der Waals surface area contributed by atoms with Crippen LogP contribution in [0, 0.1) is 5.92 Å². The Morgan fingerprint density at radius 2 is 1.40 bits per heavy atom. The average Bonchev–Trinajstić information content (AvgIpc) is 1.95. The van der Waals surface area contributed by atoms with Gasteiger partial charge in [0, 0.05) is 0 Å². The molecule has 0 spiro atoms. The minimum Gasteiger partial charge on any atom is -0.0683 e. The zero-order valence-electron chi connectivity index (χ0n) is 8.41. The lowest BCUT2D eigenvalue weighted by molar-refractivity contribution is 0.307. The summed E-state index contributed by atoms with van der Waals surface area (Å²) in [5, 5.41) is 0. The number of rotatable bonds is 1. The Labute approximate surface area is 67.0 Å². The van der Waals surface area contributed by atoms with Crippen LogP contribution in [0.1, 0.15) is 60.3 Å². The molecule has 1 saturated carbocycles. The Morgan fingerprint density at radius 3 is 1.40 bits per heavy atom. The highest BCUT2D eigenvalue weighted by Gasteiger charge is 2.13. The lowest BCUT2D eigenvalue weighted by Gasteiger charge is -2.22. The molecule has 1 fully saturated rings. The molecule has 1 rings (SSSR count). The van der Waals surface area contributed by atoms with Crippen LogP contribution in [0.15, 0.2) is 0 Å². The summed E-state index contributed by atoms with van der Waals surface area (Å²) in [7, 11) is 0. The molecule has 64 valence electrons. The third-order valence-electron chi connectivity index (χ3n) is 1.80. The lowest BCUT2D eigenvalue weighted by Crippen LogP contribution is -2.08. The molecular formula is C10H24. The minimum atomic E-state index is 1.12. The Morgan fingerprint density at radius 1 is 1.00 bits per heavy atom. The minimum absolute atomic E-state index is 1.12. The second-order valence-corrected chi connectivity index (χ2v) is 2.21. The van der Waals surface area contributed by atoms with E-state index in [2.05, 4.69) is 6.92 Å². The van der Waals surface area contributed by atoms with Crippen LogP contribution in [0.3, 0.4) is 0 Å². The highest BCUT2D eigenvalue weighted by Crippen LogP contribution is 2.28. The monoisotopic (exact) mass is 144 g/mol. The Balaban J connectivity index is 0. The third kappa shape index (κ3) is 6.12. The van der Waals surface area contributed by atoms with Gasteiger partial charge in [-0.2, -0.15) is 0 Å². The Hall–Kier alpha value is 0. The van der Waals surface area contributed by atoms with Crippen molar-refractivity contribution in [3.63, 3.8) is 0 Å². The molecule has 1 aliphatic carbocycles. The Kier molecular flexibility index (Phi) is 14.9. The standard InChI is InChI=1S/C6H12.2C2H6/c1-2-6-4-3-5-6;2*1-2/h6H,2-5H2,1H3;2*1-2H3. The molecule has 0 heteroatoms. The molecule has 0 amide bonds. The largest absolute Gasteiger partial charge is 0.0683 e. The van der Waals surface area contributed by atoms with E-state index in [0.717, 1.165) is 5.92 Å². The maximum absolute atomic E-state index is 2.28. The molecule has 0 radical (unpaired) electrons. The summed E-state index contributed by atoms with van der Waals surface area (Å²) < 4.78 is 0. The first-order chi connectivity index (χ1) is 4.93. The summed E-state index contributed by atoms with van der Waals surface area (Å²) in [6.07, 6.45) is 5.94. The molecule has 0 aromatic heterocycles. The van der Waals surface area contributed by atoms with Crippen LogP contribution >= 0.6 is 0 Å². The van der Waals surface area contributed by atoms with Crippen molar-refractivity contribution in [2.75, 3.05) is 0 Å². The molecule has 10 heavy (non-hydrogen) atoms. The number of hydrogen-bond acceptors (Lipinski definition) is 0. The molecule has 0 nitrogen and oxygen atoms in total. The SMILES string of the molecule is CC.CC.CCC1CCC1. The predicted molar refractivity (Wildman–Crippen MR) is 50.3 cm³/mol. The zero-order valence-corrected chi connectivity index (χ0v) is 8.41. The smallest absolute Gasteiger partial charge is 0.0417 e. The van der Waals surface area contributed by atoms with Crippen molar-refractivity contribution in [1.29, 1.82) is 0 Å². The van der Waals surface area contributed by atoms with Gasteiger partial charge in [-0.3, -0.25) is 0 Å². The quantitative estimate of drug-likeness (QED) is 0.516. The molecule has 0 aromatic rings. The van der Waals surface area contributed by atoms with Crippen LogP contribution in [0.2, 0.25) is 0 Å². The van der Waals surface area contributed by atoms with Crippen LogP contribution in [0.25, 0.3) is 0 Å². The normalized spacial score (nSPS) is 15.3. The lowest BCUT2D eigenvalue weighted by atomic mass is 9.84. The van der Waals surface area contributed by atoms with Gasteiger partial charge < -0.3 is 0 Å². The van der Waals surface area contributed by atoms with Crippen LogP contribution in [-0.2, 0) is 0 Å². The van der Waals surface area contributed by atoms with E-state index in [1.165, 1.54) is 25.7 Å². The maximum atomic E-state index is 2.28. The molecular weight excluding hydrogens is 120 g/mol. The topological polar surface area (TPSA) is 0 Å². The molecule has 0 aliphatic heterocycles. The van der Waals surface area contributed by atoms with Crippen molar-refractivity contribution in [2.45, 2.75) is 60.3 Å². The third-order valence-corrected chi connectivity index (χ3v) is 1.80. The first-order valence-corrected chi connectivity index (χ1v) is 4.93. The van der Waals surface area contributed by atoms with Gasteiger partial charge >= 0.3 is 0 Å². The van der Waals surface area contributed by atoms with E-state index in [9.17, 15) is 0 Å². The van der Waals surface area contributed by atoms with Gasteiger partial charge in [0.25, 0.3) is 0 Å². The second-order valence-electron chi connectivity index (χ2n) is 2.21. The Bertz CT molecular complexity index is 32.5. The van der Waals surface area contributed by atoms with E-state index in [1.54, 1.807) is 0 Å². The van der Waals surface area contributed by atoms with Gasteiger partial charge in [-0.25, -0.2) is 0 Å². The first-order valence-electron chi connectivity index (χ1n) is 4.93. The van der Waals surface area contributed by atoms with E-state index in [4.69, 9.17) is 0 Å². The van der Waals surface area contributed by atoms with Gasteiger partial charge in [-0.1, -0.05) is 60.3 Å². The summed E-state index contributed by atoms with van der Waals surface area (Å²) >= 11 is 0. The summed E-state index contributed by atoms with van der Waals surface area (Å²) in [4.78, 5) is 0. The summed E-state index contributed by atoms with van der Waals surface area (Å²) in [6, 6.07) is 0. The average molecular weight is 144 g/mol. The summed E-state index contributed by atoms with van der Waals surface area (Å²) in [5.74, 6) is 1.12. The molecule has 0 saturated heterocycles. The highest BCUT2D eigenvalue weighted by molar-refractivity contribution is 4.66. The summed E-state index contributed by atoms with van der Waals surface area (Å²) in [5.41, 5.74) is 0. The highest BCUT2D eigenvalue weighted by atomic mass is 14.2. The molecule has 1 aliphatic rings. The molecule has 0 N–H and O–H groups in total. The molecule has 0 atom stereocenters. The van der Waals surface area contributed by atoms with Gasteiger partial charge in [-0.05, 0) is 5.92 Å². The van der Waals surface area contributed by atoms with Crippen molar-refractivity contribution in [3.05, 3.63) is 0 Å². The molecule has 0 aromatic carbocycles. The van der Waals surface area contributed by atoms with Crippen molar-refractivity contribution < 1.29 is 0 Å². The van der Waals surface area contributed by atoms with Crippen molar-refractivity contribution in [1.82, 2.24) is 0 Å². The van der Waals surface area contributed by atoms with Gasteiger partial charge in [0.05, 0.1) is 0 Å². The number of hydrogen-bond donors (Lipinski definition) is 0. The van der Waals surface area contributed by atoms with Crippen LogP contribution in [0.5, 0.6) is 0 Å². The molecule has 0 unspecified atom stereocenters. The fraction of sp³-hybridized carbons (Fsp3) is 1.00. The van der Waals surface area contributed by atoms with Crippen molar-refractivity contribution in [3.8, 4) is 0 Å². The van der Waals surface area contributed by atoms with E-state index in [-0.39, 0.29) is 0 Å². The van der Waals surface area contributed by atoms with E-state index in [0.29, 0.717) is 0 Å². The second kappa shape index (κ2) is 11.8. The van der Waals surface area contributed by atoms with Crippen molar-refractivity contribution >= 4 is 0 Å². The van der Waals surface area contributed by atoms with Gasteiger partial charge in [0.1, 0.15) is 0 Å². The predicted octanol–water partition coefficient (Wildman–Crippen LogP) is 4.25. The molecule has 0 bridgehead atoms. The van der Waals surface area contributed by atoms with E-state index < -0.39 is 0 Å². The van der Waals surface area contributed by atoms with Crippen LogP contribution < -0.4 is 0 Å². The summed E-state index contributed by atoms with van der Waals surface area (Å²) in [6.45, 7) is 10.3. The fourth-order valence-corrected chi connectivity index (χ4v) is 0.901. The fourth-order valence-electron chi connectivity index (χ4n) is 0.901. The first kappa shape index (κ1) is 12.7.